The highest BCUT2D eigenvalue weighted by Gasteiger charge is 2.16. The molecule has 0 fully saturated rings. The summed E-state index contributed by atoms with van der Waals surface area (Å²) in [6.07, 6.45) is 3.13. The molecule has 1 heterocycles. The molecular formula is C16H23N3. The van der Waals surface area contributed by atoms with Crippen LogP contribution in [-0.4, -0.2) is 30.6 Å². The van der Waals surface area contributed by atoms with Crippen LogP contribution in [0.5, 0.6) is 0 Å². The Kier molecular flexibility index (Phi) is 5.38. The third-order valence-corrected chi connectivity index (χ3v) is 3.74. The molecule has 1 aliphatic heterocycles. The molecular weight excluding hydrogens is 234 g/mol. The second-order valence-electron chi connectivity index (χ2n) is 5.22. The lowest BCUT2D eigenvalue weighted by Gasteiger charge is -2.29. The fourth-order valence-electron chi connectivity index (χ4n) is 2.59. The molecule has 0 saturated carbocycles. The summed E-state index contributed by atoms with van der Waals surface area (Å²) >= 11 is 0. The Labute approximate surface area is 116 Å². The highest BCUT2D eigenvalue weighted by molar-refractivity contribution is 5.29. The van der Waals surface area contributed by atoms with Gasteiger partial charge in [0.25, 0.3) is 0 Å². The van der Waals surface area contributed by atoms with E-state index in [4.69, 9.17) is 5.26 Å². The number of hydrogen-bond acceptors (Lipinski definition) is 3. The standard InChI is InChI=1S/C16H23N3/c1-2-9-18-16(12-17)8-11-19-10-7-14-5-3-4-6-15(14)13-19/h3-6,16,18H,2,7-11,13H2,1H3. The van der Waals surface area contributed by atoms with Crippen molar-refractivity contribution in [3.8, 4) is 6.07 Å². The van der Waals surface area contributed by atoms with Gasteiger partial charge in [-0.15, -0.1) is 0 Å². The van der Waals surface area contributed by atoms with Crippen molar-refractivity contribution in [3.05, 3.63) is 35.4 Å². The molecule has 0 saturated heterocycles. The highest BCUT2D eigenvalue weighted by Crippen LogP contribution is 2.18. The predicted molar refractivity (Wildman–Crippen MR) is 77.7 cm³/mol. The van der Waals surface area contributed by atoms with Crippen molar-refractivity contribution in [1.82, 2.24) is 10.2 Å². The van der Waals surface area contributed by atoms with Crippen molar-refractivity contribution in [3.63, 3.8) is 0 Å². The van der Waals surface area contributed by atoms with Gasteiger partial charge in [-0.2, -0.15) is 5.26 Å². The molecule has 0 spiro atoms. The third-order valence-electron chi connectivity index (χ3n) is 3.74. The summed E-state index contributed by atoms with van der Waals surface area (Å²) in [6.45, 7) is 6.21. The van der Waals surface area contributed by atoms with Crippen molar-refractivity contribution in [2.45, 2.75) is 38.8 Å². The molecule has 102 valence electrons. The largest absolute Gasteiger partial charge is 0.302 e. The van der Waals surface area contributed by atoms with Gasteiger partial charge in [-0.25, -0.2) is 0 Å². The SMILES string of the molecule is CCCNC(C#N)CCN1CCc2ccccc2C1. The summed E-state index contributed by atoms with van der Waals surface area (Å²) in [7, 11) is 0. The average Bonchev–Trinajstić information content (AvgIpc) is 2.47. The number of rotatable bonds is 6. The van der Waals surface area contributed by atoms with Gasteiger partial charge in [0.15, 0.2) is 0 Å². The van der Waals surface area contributed by atoms with Crippen LogP contribution in [0, 0.1) is 11.3 Å². The molecule has 2 rings (SSSR count). The molecule has 0 amide bonds. The number of nitrogens with zero attached hydrogens (tertiary/aromatic N) is 2. The van der Waals surface area contributed by atoms with Gasteiger partial charge < -0.3 is 5.32 Å². The minimum atomic E-state index is -0.00267. The molecule has 3 heteroatoms. The van der Waals surface area contributed by atoms with Gasteiger partial charge >= 0.3 is 0 Å². The minimum Gasteiger partial charge on any atom is -0.302 e. The van der Waals surface area contributed by atoms with E-state index in [-0.39, 0.29) is 6.04 Å². The van der Waals surface area contributed by atoms with Crippen molar-refractivity contribution in [1.29, 1.82) is 5.26 Å². The van der Waals surface area contributed by atoms with Gasteiger partial charge in [-0.3, -0.25) is 4.90 Å². The Morgan fingerprint density at radius 1 is 1.37 bits per heavy atom. The number of nitrogens with one attached hydrogen (secondary N) is 1. The van der Waals surface area contributed by atoms with Crippen LogP contribution in [0.15, 0.2) is 24.3 Å². The number of benzene rings is 1. The molecule has 0 bridgehead atoms. The van der Waals surface area contributed by atoms with Gasteiger partial charge in [-0.1, -0.05) is 31.2 Å². The average molecular weight is 257 g/mol. The third kappa shape index (κ3) is 4.05. The molecule has 3 nitrogen and oxygen atoms in total. The molecule has 1 N–H and O–H groups in total. The van der Waals surface area contributed by atoms with E-state index in [1.807, 2.05) is 0 Å². The fraction of sp³-hybridized carbons (Fsp3) is 0.562. The zero-order chi connectivity index (χ0) is 13.5. The van der Waals surface area contributed by atoms with Crippen molar-refractivity contribution in [2.24, 2.45) is 0 Å². The normalized spacial score (nSPS) is 16.6. The first-order valence-corrected chi connectivity index (χ1v) is 7.25. The van der Waals surface area contributed by atoms with Crippen molar-refractivity contribution in [2.75, 3.05) is 19.6 Å². The number of nitriles is 1. The summed E-state index contributed by atoms with van der Waals surface area (Å²) in [6, 6.07) is 11.0. The number of hydrogen-bond donors (Lipinski definition) is 1. The molecule has 1 aromatic carbocycles. The second-order valence-corrected chi connectivity index (χ2v) is 5.22. The second kappa shape index (κ2) is 7.28. The van der Waals surface area contributed by atoms with E-state index in [1.54, 1.807) is 0 Å². The molecule has 1 aliphatic rings. The van der Waals surface area contributed by atoms with Gasteiger partial charge in [0.1, 0.15) is 0 Å². The number of fused-ring (bicyclic) bond motifs is 1. The Balaban J connectivity index is 1.80. The van der Waals surface area contributed by atoms with Crippen LogP contribution >= 0.6 is 0 Å². The van der Waals surface area contributed by atoms with E-state index >= 15 is 0 Å². The van der Waals surface area contributed by atoms with Crippen LogP contribution in [0.25, 0.3) is 0 Å². The first-order valence-electron chi connectivity index (χ1n) is 7.25. The molecule has 1 atom stereocenters. The lowest BCUT2D eigenvalue weighted by Crippen LogP contribution is -2.36. The van der Waals surface area contributed by atoms with E-state index in [9.17, 15) is 0 Å². The Bertz CT molecular complexity index is 436. The smallest absolute Gasteiger partial charge is 0.0965 e. The summed E-state index contributed by atoms with van der Waals surface area (Å²) in [4.78, 5) is 2.46. The van der Waals surface area contributed by atoms with Crippen LogP contribution in [0.2, 0.25) is 0 Å². The van der Waals surface area contributed by atoms with Crippen LogP contribution < -0.4 is 5.32 Å². The van der Waals surface area contributed by atoms with Crippen molar-refractivity contribution < 1.29 is 0 Å². The minimum absolute atomic E-state index is 0.00267. The lowest BCUT2D eigenvalue weighted by molar-refractivity contribution is 0.244. The first kappa shape index (κ1) is 14.0. The Hall–Kier alpha value is -1.37. The topological polar surface area (TPSA) is 39.1 Å². The molecule has 0 aromatic heterocycles. The summed E-state index contributed by atoms with van der Waals surface area (Å²) in [5.74, 6) is 0. The summed E-state index contributed by atoms with van der Waals surface area (Å²) < 4.78 is 0. The molecule has 19 heavy (non-hydrogen) atoms. The molecule has 1 unspecified atom stereocenters. The summed E-state index contributed by atoms with van der Waals surface area (Å²) in [5.41, 5.74) is 2.93. The fourth-order valence-corrected chi connectivity index (χ4v) is 2.59. The van der Waals surface area contributed by atoms with Crippen LogP contribution in [0.4, 0.5) is 0 Å². The zero-order valence-corrected chi connectivity index (χ0v) is 11.7. The van der Waals surface area contributed by atoms with Crippen LogP contribution in [-0.2, 0) is 13.0 Å². The maximum atomic E-state index is 9.11. The van der Waals surface area contributed by atoms with Crippen LogP contribution in [0.3, 0.4) is 0 Å². The monoisotopic (exact) mass is 257 g/mol. The quantitative estimate of drug-likeness (QED) is 0.850. The molecule has 1 aromatic rings. The van der Waals surface area contributed by atoms with Crippen LogP contribution in [0.1, 0.15) is 30.9 Å². The lowest BCUT2D eigenvalue weighted by atomic mass is 9.99. The maximum absolute atomic E-state index is 9.11. The van der Waals surface area contributed by atoms with Gasteiger partial charge in [0, 0.05) is 19.6 Å². The Morgan fingerprint density at radius 3 is 2.89 bits per heavy atom. The molecule has 0 aliphatic carbocycles. The first-order chi connectivity index (χ1) is 9.33. The van der Waals surface area contributed by atoms with E-state index in [0.29, 0.717) is 0 Å². The van der Waals surface area contributed by atoms with Gasteiger partial charge in [0.05, 0.1) is 12.1 Å². The van der Waals surface area contributed by atoms with Crippen molar-refractivity contribution >= 4 is 0 Å². The van der Waals surface area contributed by atoms with Gasteiger partial charge in [-0.05, 0) is 36.9 Å². The van der Waals surface area contributed by atoms with Gasteiger partial charge in [0.2, 0.25) is 0 Å². The molecule has 0 radical (unpaired) electrons. The maximum Gasteiger partial charge on any atom is 0.0965 e. The zero-order valence-electron chi connectivity index (χ0n) is 11.7. The van der Waals surface area contributed by atoms with E-state index in [2.05, 4.69) is 47.5 Å². The van der Waals surface area contributed by atoms with E-state index < -0.39 is 0 Å². The van der Waals surface area contributed by atoms with E-state index in [1.165, 1.54) is 11.1 Å². The summed E-state index contributed by atoms with van der Waals surface area (Å²) in [5, 5.41) is 12.4. The predicted octanol–water partition coefficient (Wildman–Crippen LogP) is 2.33. The van der Waals surface area contributed by atoms with E-state index in [0.717, 1.165) is 45.4 Å². The Morgan fingerprint density at radius 2 is 2.16 bits per heavy atom. The highest BCUT2D eigenvalue weighted by atomic mass is 15.1.